The van der Waals surface area contributed by atoms with Crippen LogP contribution in [0, 0.1) is 0 Å². The highest BCUT2D eigenvalue weighted by Crippen LogP contribution is 2.40. The van der Waals surface area contributed by atoms with Crippen LogP contribution in [0.5, 0.6) is 5.75 Å². The molecule has 0 aliphatic carbocycles. The van der Waals surface area contributed by atoms with E-state index in [1.54, 1.807) is 6.07 Å². The van der Waals surface area contributed by atoms with Gasteiger partial charge < -0.3 is 10.4 Å². The average Bonchev–Trinajstić information content (AvgIpc) is 2.54. The summed E-state index contributed by atoms with van der Waals surface area (Å²) < 4.78 is 0. The standard InChI is InChI=1S/C18H20N2O.2ClH/c21-14-5-3-4-13(10-14)17-12-20-9-8-19-11-18(20)16-7-2-1-6-15(16)17;;/h1-7,10,17-19,21H,8-9,11-12H2;2*1H. The van der Waals surface area contributed by atoms with Gasteiger partial charge in [-0.1, -0.05) is 36.4 Å². The molecule has 4 rings (SSSR count). The summed E-state index contributed by atoms with van der Waals surface area (Å²) in [5.74, 6) is 0.704. The van der Waals surface area contributed by atoms with E-state index < -0.39 is 0 Å². The van der Waals surface area contributed by atoms with Crippen LogP contribution in [0.15, 0.2) is 48.5 Å². The number of nitrogens with one attached hydrogen (secondary N) is 1. The van der Waals surface area contributed by atoms with E-state index in [0.717, 1.165) is 26.2 Å². The Bertz CT molecular complexity index is 665. The van der Waals surface area contributed by atoms with Crippen molar-refractivity contribution in [1.82, 2.24) is 10.2 Å². The maximum atomic E-state index is 9.80. The second-order valence-corrected chi connectivity index (χ2v) is 5.99. The van der Waals surface area contributed by atoms with E-state index in [-0.39, 0.29) is 24.8 Å². The van der Waals surface area contributed by atoms with Crippen LogP contribution < -0.4 is 5.32 Å². The van der Waals surface area contributed by atoms with E-state index in [1.165, 1.54) is 16.7 Å². The van der Waals surface area contributed by atoms with Gasteiger partial charge in [0.25, 0.3) is 0 Å². The van der Waals surface area contributed by atoms with Crippen LogP contribution >= 0.6 is 24.8 Å². The molecule has 2 aromatic rings. The Hall–Kier alpha value is -1.26. The number of benzene rings is 2. The molecule has 1 saturated heterocycles. The molecule has 5 heteroatoms. The molecule has 0 spiro atoms. The Labute approximate surface area is 149 Å². The van der Waals surface area contributed by atoms with Gasteiger partial charge in [0.15, 0.2) is 0 Å². The predicted molar refractivity (Wildman–Crippen MR) is 98.1 cm³/mol. The monoisotopic (exact) mass is 352 g/mol. The minimum atomic E-state index is 0. The van der Waals surface area contributed by atoms with Gasteiger partial charge in [-0.15, -0.1) is 24.8 Å². The molecule has 2 N–H and O–H groups in total. The molecule has 1 fully saturated rings. The van der Waals surface area contributed by atoms with E-state index in [0.29, 0.717) is 17.7 Å². The molecule has 2 unspecified atom stereocenters. The van der Waals surface area contributed by atoms with Gasteiger partial charge in [0.1, 0.15) is 5.75 Å². The Kier molecular flexibility index (Phi) is 5.93. The van der Waals surface area contributed by atoms with Crippen molar-refractivity contribution < 1.29 is 5.11 Å². The van der Waals surface area contributed by atoms with Crippen LogP contribution in [0.3, 0.4) is 0 Å². The summed E-state index contributed by atoms with van der Waals surface area (Å²) >= 11 is 0. The molecule has 2 aliphatic heterocycles. The number of piperazine rings is 1. The second kappa shape index (κ2) is 7.54. The minimum Gasteiger partial charge on any atom is -0.508 e. The first kappa shape index (κ1) is 18.1. The fourth-order valence-electron chi connectivity index (χ4n) is 3.76. The number of hydrogen-bond acceptors (Lipinski definition) is 3. The first-order valence-corrected chi connectivity index (χ1v) is 7.65. The maximum Gasteiger partial charge on any atom is 0.115 e. The van der Waals surface area contributed by atoms with Gasteiger partial charge in [-0.25, -0.2) is 0 Å². The Morgan fingerprint density at radius 1 is 1.00 bits per heavy atom. The molecule has 3 nitrogen and oxygen atoms in total. The normalized spacial score (nSPS) is 23.0. The van der Waals surface area contributed by atoms with Gasteiger partial charge in [-0.05, 0) is 28.8 Å². The molecule has 124 valence electrons. The molecular weight excluding hydrogens is 331 g/mol. The summed E-state index contributed by atoms with van der Waals surface area (Å²) in [6, 6.07) is 17.0. The number of fused-ring (bicyclic) bond motifs is 3. The van der Waals surface area contributed by atoms with Crippen molar-refractivity contribution >= 4 is 24.8 Å². The fraction of sp³-hybridized carbons (Fsp3) is 0.333. The van der Waals surface area contributed by atoms with E-state index in [2.05, 4.69) is 40.5 Å². The van der Waals surface area contributed by atoms with Crippen molar-refractivity contribution in [3.8, 4) is 5.75 Å². The van der Waals surface area contributed by atoms with E-state index in [9.17, 15) is 5.11 Å². The fourth-order valence-corrected chi connectivity index (χ4v) is 3.76. The summed E-state index contributed by atoms with van der Waals surface area (Å²) in [6.07, 6.45) is 0. The second-order valence-electron chi connectivity index (χ2n) is 5.99. The smallest absolute Gasteiger partial charge is 0.115 e. The number of phenols is 1. The molecule has 2 aliphatic rings. The van der Waals surface area contributed by atoms with Gasteiger partial charge in [-0.2, -0.15) is 0 Å². The average molecular weight is 353 g/mol. The molecule has 23 heavy (non-hydrogen) atoms. The highest BCUT2D eigenvalue weighted by atomic mass is 35.5. The van der Waals surface area contributed by atoms with Crippen molar-refractivity contribution in [2.75, 3.05) is 26.2 Å². The van der Waals surface area contributed by atoms with Crippen molar-refractivity contribution in [3.05, 3.63) is 65.2 Å². The predicted octanol–water partition coefficient (Wildman–Crippen LogP) is 3.33. The molecule has 2 aromatic carbocycles. The third-order valence-electron chi connectivity index (χ3n) is 4.77. The molecule has 0 aromatic heterocycles. The molecule has 0 bridgehead atoms. The number of rotatable bonds is 1. The lowest BCUT2D eigenvalue weighted by Gasteiger charge is -2.44. The van der Waals surface area contributed by atoms with Crippen molar-refractivity contribution in [2.24, 2.45) is 0 Å². The van der Waals surface area contributed by atoms with Gasteiger partial charge in [0, 0.05) is 38.1 Å². The zero-order valence-corrected chi connectivity index (χ0v) is 14.4. The Morgan fingerprint density at radius 2 is 1.78 bits per heavy atom. The van der Waals surface area contributed by atoms with Crippen LogP contribution in [0.25, 0.3) is 0 Å². The van der Waals surface area contributed by atoms with Crippen LogP contribution in [0.1, 0.15) is 28.7 Å². The van der Waals surface area contributed by atoms with Gasteiger partial charge in [-0.3, -0.25) is 4.90 Å². The van der Waals surface area contributed by atoms with Crippen LogP contribution in [-0.2, 0) is 0 Å². The number of halogens is 2. The zero-order valence-electron chi connectivity index (χ0n) is 12.8. The van der Waals surface area contributed by atoms with E-state index in [4.69, 9.17) is 0 Å². The Balaban J connectivity index is 0.000000960. The third kappa shape index (κ3) is 3.33. The number of nitrogens with zero attached hydrogens (tertiary/aromatic N) is 1. The summed E-state index contributed by atoms with van der Waals surface area (Å²) in [5, 5.41) is 13.3. The summed E-state index contributed by atoms with van der Waals surface area (Å²) in [7, 11) is 0. The Morgan fingerprint density at radius 3 is 2.57 bits per heavy atom. The zero-order chi connectivity index (χ0) is 14.2. The highest BCUT2D eigenvalue weighted by molar-refractivity contribution is 5.85. The first-order valence-electron chi connectivity index (χ1n) is 7.65. The quantitative estimate of drug-likeness (QED) is 0.826. The van der Waals surface area contributed by atoms with Crippen LogP contribution in [-0.4, -0.2) is 36.2 Å². The lowest BCUT2D eigenvalue weighted by molar-refractivity contribution is 0.143. The summed E-state index contributed by atoms with van der Waals surface area (Å²) in [6.45, 7) is 4.22. The molecule has 2 heterocycles. The molecule has 0 saturated carbocycles. The maximum absolute atomic E-state index is 9.80. The lowest BCUT2D eigenvalue weighted by atomic mass is 9.81. The number of phenolic OH excluding ortho intramolecular Hbond substituents is 1. The molecule has 0 radical (unpaired) electrons. The van der Waals surface area contributed by atoms with Crippen LogP contribution in [0.4, 0.5) is 0 Å². The number of aromatic hydroxyl groups is 1. The summed E-state index contributed by atoms with van der Waals surface area (Å²) in [5.41, 5.74) is 4.05. The number of hydrogen-bond donors (Lipinski definition) is 2. The topological polar surface area (TPSA) is 35.5 Å². The first-order chi connectivity index (χ1) is 10.3. The molecular formula is C18H22Cl2N2O. The third-order valence-corrected chi connectivity index (χ3v) is 4.77. The van der Waals surface area contributed by atoms with Crippen molar-refractivity contribution in [2.45, 2.75) is 12.0 Å². The van der Waals surface area contributed by atoms with Crippen molar-refractivity contribution in [1.29, 1.82) is 0 Å². The van der Waals surface area contributed by atoms with Gasteiger partial charge >= 0.3 is 0 Å². The van der Waals surface area contributed by atoms with Crippen LogP contribution in [0.2, 0.25) is 0 Å². The highest BCUT2D eigenvalue weighted by Gasteiger charge is 2.34. The van der Waals surface area contributed by atoms with E-state index in [1.807, 2.05) is 12.1 Å². The van der Waals surface area contributed by atoms with Crippen molar-refractivity contribution in [3.63, 3.8) is 0 Å². The van der Waals surface area contributed by atoms with Gasteiger partial charge in [0.2, 0.25) is 0 Å². The molecule has 0 amide bonds. The van der Waals surface area contributed by atoms with Gasteiger partial charge in [0.05, 0.1) is 0 Å². The SMILES string of the molecule is Cl.Cl.Oc1cccc(C2CN3CCNCC3c3ccccc32)c1. The lowest BCUT2D eigenvalue weighted by Crippen LogP contribution is -2.50. The minimum absolute atomic E-state index is 0. The van der Waals surface area contributed by atoms with E-state index >= 15 is 0 Å². The molecule has 2 atom stereocenters. The summed E-state index contributed by atoms with van der Waals surface area (Å²) in [4.78, 5) is 2.58. The largest absolute Gasteiger partial charge is 0.508 e.